The van der Waals surface area contributed by atoms with Crippen molar-refractivity contribution in [2.75, 3.05) is 19.8 Å². The van der Waals surface area contributed by atoms with Gasteiger partial charge in [0.05, 0.1) is 33.6 Å². The van der Waals surface area contributed by atoms with E-state index < -0.39 is 0 Å². The van der Waals surface area contributed by atoms with Gasteiger partial charge in [0.15, 0.2) is 0 Å². The molecule has 0 unspecified atom stereocenters. The summed E-state index contributed by atoms with van der Waals surface area (Å²) < 4.78 is 14.8. The first kappa shape index (κ1) is 12.9. The summed E-state index contributed by atoms with van der Waals surface area (Å²) in [6.45, 7) is 3.31. The zero-order valence-electron chi connectivity index (χ0n) is 9.54. The zero-order valence-corrected chi connectivity index (χ0v) is 13.3. The average Bonchev–Trinajstić information content (AvgIpc) is 2.53. The smallest absolute Gasteiger partial charge is 0.269 e. The summed E-state index contributed by atoms with van der Waals surface area (Å²) in [5.41, 5.74) is 1.77. The summed E-state index contributed by atoms with van der Waals surface area (Å²) in [4.78, 5) is 11.9. The van der Waals surface area contributed by atoms with Crippen molar-refractivity contribution in [2.45, 2.75) is 19.3 Å². The fourth-order valence-electron chi connectivity index (χ4n) is 2.08. The van der Waals surface area contributed by atoms with Crippen LogP contribution < -0.4 is 5.32 Å². The van der Waals surface area contributed by atoms with Crippen molar-refractivity contribution in [3.05, 3.63) is 19.4 Å². The summed E-state index contributed by atoms with van der Waals surface area (Å²) in [6, 6.07) is 0. The number of nitrogens with zero attached hydrogens (tertiary/aromatic N) is 1. The van der Waals surface area contributed by atoms with E-state index >= 15 is 0 Å². The molecule has 0 aliphatic carbocycles. The topological polar surface area (TPSA) is 52.5 Å². The van der Waals surface area contributed by atoms with E-state index in [1.165, 1.54) is 0 Å². The van der Waals surface area contributed by atoms with Crippen LogP contribution >= 0.6 is 38.5 Å². The Morgan fingerprint density at radius 1 is 1.56 bits per heavy atom. The first-order valence-corrected chi connectivity index (χ1v) is 7.59. The molecule has 0 bridgehead atoms. The van der Waals surface area contributed by atoms with Gasteiger partial charge in [0, 0.05) is 13.1 Å². The maximum absolute atomic E-state index is 11.9. The molecule has 1 aromatic heterocycles. The number of aromatic nitrogens is 1. The second-order valence-electron chi connectivity index (χ2n) is 4.30. The van der Waals surface area contributed by atoms with Crippen LogP contribution in [0.1, 0.15) is 16.2 Å². The van der Waals surface area contributed by atoms with Gasteiger partial charge < -0.3 is 19.4 Å². The van der Waals surface area contributed by atoms with E-state index in [9.17, 15) is 4.79 Å². The third kappa shape index (κ3) is 2.10. The van der Waals surface area contributed by atoms with Crippen LogP contribution in [-0.2, 0) is 22.6 Å². The van der Waals surface area contributed by atoms with Crippen LogP contribution in [0.25, 0.3) is 0 Å². The van der Waals surface area contributed by atoms with E-state index in [4.69, 9.17) is 9.47 Å². The predicted molar refractivity (Wildman–Crippen MR) is 76.6 cm³/mol. The molecule has 18 heavy (non-hydrogen) atoms. The van der Waals surface area contributed by atoms with E-state index in [0.29, 0.717) is 26.4 Å². The van der Waals surface area contributed by atoms with Gasteiger partial charge in [0.2, 0.25) is 0 Å². The molecule has 0 saturated carbocycles. The van der Waals surface area contributed by atoms with E-state index in [-0.39, 0.29) is 12.0 Å². The molecule has 2 aliphatic heterocycles. The predicted octanol–water partition coefficient (Wildman–Crippen LogP) is 1.51. The van der Waals surface area contributed by atoms with Gasteiger partial charge in [0.1, 0.15) is 11.8 Å². The Kier molecular flexibility index (Phi) is 3.65. The number of rotatable bonds is 3. The largest absolute Gasteiger partial charge is 0.376 e. The number of ether oxygens (including phenoxy) is 2. The molecule has 1 saturated heterocycles. The molecule has 2 aliphatic rings. The van der Waals surface area contributed by atoms with Gasteiger partial charge >= 0.3 is 0 Å². The molecule has 0 aromatic carbocycles. The van der Waals surface area contributed by atoms with Crippen molar-refractivity contribution >= 4 is 44.4 Å². The number of hydrogen-bond acceptors (Lipinski definition) is 3. The van der Waals surface area contributed by atoms with Gasteiger partial charge in [-0.2, -0.15) is 0 Å². The van der Waals surface area contributed by atoms with Gasteiger partial charge in [-0.25, -0.2) is 0 Å². The molecule has 1 aromatic rings. The highest BCUT2D eigenvalue weighted by molar-refractivity contribution is 14.1. The summed E-state index contributed by atoms with van der Waals surface area (Å²) >= 11 is 5.75. The van der Waals surface area contributed by atoms with Gasteiger partial charge in [0.25, 0.3) is 5.91 Å². The lowest BCUT2D eigenvalue weighted by molar-refractivity contribution is -0.136. The number of carbonyl (C=O) groups excluding carboxylic acids is 1. The highest BCUT2D eigenvalue weighted by atomic mass is 127. The Morgan fingerprint density at radius 3 is 3.00 bits per heavy atom. The van der Waals surface area contributed by atoms with Gasteiger partial charge in [-0.05, 0) is 38.5 Å². The maximum atomic E-state index is 11.9. The number of carbonyl (C=O) groups is 1. The van der Waals surface area contributed by atoms with Crippen molar-refractivity contribution in [1.29, 1.82) is 0 Å². The van der Waals surface area contributed by atoms with Crippen molar-refractivity contribution in [3.63, 3.8) is 0 Å². The SMILES string of the molecule is O=C1NCCn2c(COC3COC3)c(Br)c(I)c21. The van der Waals surface area contributed by atoms with Gasteiger partial charge in [-0.1, -0.05) is 0 Å². The van der Waals surface area contributed by atoms with E-state index in [2.05, 4.69) is 43.8 Å². The molecule has 98 valence electrons. The Hall–Kier alpha value is -0.120. The van der Waals surface area contributed by atoms with Gasteiger partial charge in [-0.3, -0.25) is 4.79 Å². The quantitative estimate of drug-likeness (QED) is 0.745. The lowest BCUT2D eigenvalue weighted by Gasteiger charge is -2.26. The minimum atomic E-state index is -0.00965. The first-order chi connectivity index (χ1) is 8.68. The minimum Gasteiger partial charge on any atom is -0.376 e. The lowest BCUT2D eigenvalue weighted by Crippen LogP contribution is -2.37. The molecule has 1 amide bonds. The fourth-order valence-corrected chi connectivity index (χ4v) is 3.45. The Bertz CT molecular complexity index is 499. The summed E-state index contributed by atoms with van der Waals surface area (Å²) in [6.07, 6.45) is 0.193. The highest BCUT2D eigenvalue weighted by Crippen LogP contribution is 2.32. The van der Waals surface area contributed by atoms with Crippen molar-refractivity contribution in [2.24, 2.45) is 0 Å². The van der Waals surface area contributed by atoms with Crippen molar-refractivity contribution in [3.8, 4) is 0 Å². The number of fused-ring (bicyclic) bond motifs is 1. The van der Waals surface area contributed by atoms with E-state index in [1.54, 1.807) is 0 Å². The third-order valence-corrected chi connectivity index (χ3v) is 5.79. The van der Waals surface area contributed by atoms with Crippen LogP contribution in [0.4, 0.5) is 0 Å². The van der Waals surface area contributed by atoms with Crippen LogP contribution in [0.5, 0.6) is 0 Å². The Morgan fingerprint density at radius 2 is 2.33 bits per heavy atom. The molecule has 0 spiro atoms. The molecule has 0 radical (unpaired) electrons. The second kappa shape index (κ2) is 5.10. The normalized spacial score (nSPS) is 19.3. The zero-order chi connectivity index (χ0) is 12.7. The number of halogens is 2. The number of amides is 1. The molecular weight excluding hydrogens is 415 g/mol. The first-order valence-electron chi connectivity index (χ1n) is 5.72. The lowest BCUT2D eigenvalue weighted by atomic mass is 10.3. The van der Waals surface area contributed by atoms with Gasteiger partial charge in [-0.15, -0.1) is 0 Å². The monoisotopic (exact) mass is 426 g/mol. The van der Waals surface area contributed by atoms with Crippen LogP contribution in [0.3, 0.4) is 0 Å². The van der Waals surface area contributed by atoms with Crippen LogP contribution in [0.2, 0.25) is 0 Å². The Labute approximate surface area is 126 Å². The standard InChI is InChI=1S/C11H12BrIN2O3/c12-8-7(5-18-6-3-17-4-6)15-2-1-14-11(16)10(15)9(8)13/h6H,1-5H2,(H,14,16). The molecule has 7 heteroatoms. The molecule has 1 fully saturated rings. The van der Waals surface area contributed by atoms with Crippen LogP contribution in [0.15, 0.2) is 4.47 Å². The summed E-state index contributed by atoms with van der Waals surface area (Å²) in [5, 5.41) is 2.86. The molecule has 5 nitrogen and oxygen atoms in total. The van der Waals surface area contributed by atoms with Crippen LogP contribution in [-0.4, -0.2) is 36.3 Å². The molecule has 3 rings (SSSR count). The fraction of sp³-hybridized carbons (Fsp3) is 0.545. The average molecular weight is 427 g/mol. The summed E-state index contributed by atoms with van der Waals surface area (Å²) in [5.74, 6) is -0.00965. The molecule has 0 atom stereocenters. The molecule has 3 heterocycles. The van der Waals surface area contributed by atoms with Crippen molar-refractivity contribution in [1.82, 2.24) is 9.88 Å². The second-order valence-corrected chi connectivity index (χ2v) is 6.17. The Balaban J connectivity index is 1.88. The minimum absolute atomic E-state index is 0.00965. The van der Waals surface area contributed by atoms with E-state index in [1.807, 2.05) is 4.57 Å². The van der Waals surface area contributed by atoms with Crippen molar-refractivity contribution < 1.29 is 14.3 Å². The third-order valence-electron chi connectivity index (χ3n) is 3.15. The van der Waals surface area contributed by atoms with E-state index in [0.717, 1.165) is 26.0 Å². The summed E-state index contributed by atoms with van der Waals surface area (Å²) in [7, 11) is 0. The number of nitrogens with one attached hydrogen (secondary N) is 1. The van der Waals surface area contributed by atoms with Crippen LogP contribution in [0, 0.1) is 3.57 Å². The molecule has 1 N–H and O–H groups in total. The molecular formula is C11H12BrIN2O3. The number of hydrogen-bond donors (Lipinski definition) is 1. The maximum Gasteiger partial charge on any atom is 0.269 e. The highest BCUT2D eigenvalue weighted by Gasteiger charge is 2.28.